The Labute approximate surface area is 129 Å². The fourth-order valence-electron chi connectivity index (χ4n) is 4.59. The van der Waals surface area contributed by atoms with Crippen molar-refractivity contribution < 1.29 is 32.9 Å². The lowest BCUT2D eigenvalue weighted by atomic mass is 9.49. The van der Waals surface area contributed by atoms with Gasteiger partial charge >= 0.3 is 11.2 Å². The summed E-state index contributed by atoms with van der Waals surface area (Å²) in [4.78, 5) is 11.6. The Bertz CT molecular complexity index is 495. The second-order valence-corrected chi connectivity index (χ2v) is 7.29. The average molecular weight is 335 g/mol. The summed E-state index contributed by atoms with van der Waals surface area (Å²) in [6.07, 6.45) is 3.12. The molecule has 4 aliphatic rings. The van der Waals surface area contributed by atoms with E-state index in [9.17, 15) is 18.8 Å². The van der Waals surface area contributed by atoms with E-state index in [1.54, 1.807) is 0 Å². The Balaban J connectivity index is 1.67. The van der Waals surface area contributed by atoms with Crippen molar-refractivity contribution in [1.82, 2.24) is 0 Å². The molecular formula is C13H15F2NO5S. The Morgan fingerprint density at radius 1 is 1.32 bits per heavy atom. The molecule has 1 N–H and O–H groups in total. The first kappa shape index (κ1) is 15.9. The summed E-state index contributed by atoms with van der Waals surface area (Å²) in [6.45, 7) is 0. The summed E-state index contributed by atoms with van der Waals surface area (Å²) in [5, 5.41) is 16.4. The first-order chi connectivity index (χ1) is 10.4. The molecular weight excluding hydrogens is 320 g/mol. The van der Waals surface area contributed by atoms with Crippen LogP contribution in [0.3, 0.4) is 0 Å². The van der Waals surface area contributed by atoms with E-state index in [0.29, 0.717) is 18.8 Å². The molecule has 0 amide bonds. The standard InChI is InChI=1S/C13H15F2NO5S/c14-13(15,22-21-20-18)11(17)19-10-8-1-7-2-9(10)5-12(3-7,4-8)6-16/h7-10,18H,1-5H2. The molecule has 4 fully saturated rings. The number of nitrogens with zero attached hydrogens (tertiary/aromatic N) is 1. The van der Waals surface area contributed by atoms with Crippen molar-refractivity contribution in [3.8, 4) is 6.07 Å². The minimum Gasteiger partial charge on any atom is -0.457 e. The molecule has 22 heavy (non-hydrogen) atoms. The molecule has 0 saturated heterocycles. The molecule has 0 aliphatic heterocycles. The molecule has 2 atom stereocenters. The molecule has 0 aromatic carbocycles. The van der Waals surface area contributed by atoms with Crippen LogP contribution in [-0.2, 0) is 18.9 Å². The highest BCUT2D eigenvalue weighted by molar-refractivity contribution is 7.96. The minimum absolute atomic E-state index is 0.0364. The van der Waals surface area contributed by atoms with Gasteiger partial charge in [0.05, 0.1) is 11.5 Å². The molecule has 4 rings (SSSR count). The smallest absolute Gasteiger partial charge is 0.415 e. The average Bonchev–Trinajstić information content (AvgIpc) is 2.48. The van der Waals surface area contributed by atoms with Crippen molar-refractivity contribution in [2.75, 3.05) is 0 Å². The van der Waals surface area contributed by atoms with E-state index in [1.165, 1.54) is 0 Å². The summed E-state index contributed by atoms with van der Waals surface area (Å²) >= 11 is -0.616. The third kappa shape index (κ3) is 2.69. The fraction of sp³-hybridized carbons (Fsp3) is 0.846. The van der Waals surface area contributed by atoms with Crippen LogP contribution in [0.1, 0.15) is 32.1 Å². The van der Waals surface area contributed by atoms with Gasteiger partial charge in [-0.05, 0) is 49.9 Å². The second-order valence-electron chi connectivity index (χ2n) is 6.47. The maximum absolute atomic E-state index is 13.5. The van der Waals surface area contributed by atoms with Crippen molar-refractivity contribution >= 4 is 18.0 Å². The maximum atomic E-state index is 13.5. The molecule has 0 heterocycles. The third-order valence-corrected chi connectivity index (χ3v) is 5.58. The molecule has 4 saturated carbocycles. The monoisotopic (exact) mass is 335 g/mol. The van der Waals surface area contributed by atoms with Crippen LogP contribution in [0.4, 0.5) is 8.78 Å². The van der Waals surface area contributed by atoms with E-state index in [0.717, 1.165) is 19.3 Å². The predicted molar refractivity (Wildman–Crippen MR) is 68.8 cm³/mol. The highest BCUT2D eigenvalue weighted by Gasteiger charge is 2.58. The molecule has 122 valence electrons. The Hall–Kier alpha value is -0.950. The molecule has 0 radical (unpaired) electrons. The summed E-state index contributed by atoms with van der Waals surface area (Å²) in [7, 11) is 0. The zero-order valence-corrected chi connectivity index (χ0v) is 12.4. The van der Waals surface area contributed by atoms with Gasteiger partial charge in [0.15, 0.2) is 0 Å². The van der Waals surface area contributed by atoms with Gasteiger partial charge in [0.1, 0.15) is 18.1 Å². The Morgan fingerprint density at radius 2 is 1.95 bits per heavy atom. The first-order valence-electron chi connectivity index (χ1n) is 7.05. The van der Waals surface area contributed by atoms with E-state index < -0.39 is 29.4 Å². The highest BCUT2D eigenvalue weighted by Crippen LogP contribution is 2.60. The van der Waals surface area contributed by atoms with E-state index in [4.69, 9.17) is 9.99 Å². The van der Waals surface area contributed by atoms with Crippen molar-refractivity contribution in [2.24, 2.45) is 23.2 Å². The topological polar surface area (TPSA) is 88.8 Å². The summed E-state index contributed by atoms with van der Waals surface area (Å²) in [5.41, 5.74) is -0.371. The van der Waals surface area contributed by atoms with Gasteiger partial charge in [0, 0.05) is 0 Å². The number of hydrogen-bond donors (Lipinski definition) is 1. The van der Waals surface area contributed by atoms with Crippen molar-refractivity contribution in [3.05, 3.63) is 0 Å². The van der Waals surface area contributed by atoms with Gasteiger partial charge in [-0.3, -0.25) is 0 Å². The lowest BCUT2D eigenvalue weighted by Gasteiger charge is -2.56. The number of carbonyl (C=O) groups is 1. The van der Waals surface area contributed by atoms with Crippen LogP contribution in [0, 0.1) is 34.5 Å². The molecule has 4 aliphatic carbocycles. The van der Waals surface area contributed by atoms with Crippen LogP contribution in [0.25, 0.3) is 0 Å². The molecule has 0 spiro atoms. The van der Waals surface area contributed by atoms with E-state index in [2.05, 4.69) is 15.4 Å². The zero-order valence-electron chi connectivity index (χ0n) is 11.5. The van der Waals surface area contributed by atoms with E-state index in [1.807, 2.05) is 0 Å². The van der Waals surface area contributed by atoms with E-state index in [-0.39, 0.29) is 17.3 Å². The first-order valence-corrected chi connectivity index (χ1v) is 7.79. The van der Waals surface area contributed by atoms with Crippen LogP contribution in [0.15, 0.2) is 0 Å². The van der Waals surface area contributed by atoms with Crippen molar-refractivity contribution in [3.63, 3.8) is 0 Å². The number of carbonyl (C=O) groups excluding carboxylic acids is 1. The van der Waals surface area contributed by atoms with E-state index >= 15 is 0 Å². The number of esters is 1. The van der Waals surface area contributed by atoms with Crippen LogP contribution >= 0.6 is 12.0 Å². The largest absolute Gasteiger partial charge is 0.457 e. The molecule has 2 unspecified atom stereocenters. The van der Waals surface area contributed by atoms with Gasteiger partial charge in [-0.15, -0.1) is 4.33 Å². The van der Waals surface area contributed by atoms with Gasteiger partial charge in [-0.1, -0.05) is 5.04 Å². The van der Waals surface area contributed by atoms with Gasteiger partial charge < -0.3 is 4.74 Å². The number of alkyl halides is 2. The lowest BCUT2D eigenvalue weighted by Crippen LogP contribution is -2.55. The van der Waals surface area contributed by atoms with Gasteiger partial charge in [-0.2, -0.15) is 14.0 Å². The molecule has 6 nitrogen and oxygen atoms in total. The third-order valence-electron chi connectivity index (χ3n) is 5.07. The highest BCUT2D eigenvalue weighted by atomic mass is 32.2. The normalized spacial score (nSPS) is 39.5. The SMILES string of the molecule is N#CC12CC3CC(C1)C(OC(=O)C(F)(F)SOOO)C(C3)C2. The van der Waals surface area contributed by atoms with Crippen LogP contribution in [0.2, 0.25) is 0 Å². The van der Waals surface area contributed by atoms with Gasteiger partial charge in [-0.25, -0.2) is 10.1 Å². The number of nitriles is 1. The molecule has 0 aromatic rings. The number of rotatable bonds is 5. The Morgan fingerprint density at radius 3 is 2.50 bits per heavy atom. The van der Waals surface area contributed by atoms with Gasteiger partial charge in [0.25, 0.3) is 0 Å². The molecule has 0 aromatic heterocycles. The summed E-state index contributed by atoms with van der Waals surface area (Å²) in [6, 6.07) is 2.38. The number of halogens is 2. The summed E-state index contributed by atoms with van der Waals surface area (Å²) < 4.78 is 35.6. The summed E-state index contributed by atoms with van der Waals surface area (Å²) in [5.74, 6) is -1.36. The van der Waals surface area contributed by atoms with Crippen LogP contribution < -0.4 is 0 Å². The molecule has 9 heteroatoms. The predicted octanol–water partition coefficient (Wildman–Crippen LogP) is 2.91. The zero-order chi connectivity index (χ0) is 16.0. The fourth-order valence-corrected chi connectivity index (χ4v) is 4.82. The number of ether oxygens (including phenoxy) is 1. The van der Waals surface area contributed by atoms with Crippen molar-refractivity contribution in [2.45, 2.75) is 43.5 Å². The maximum Gasteiger partial charge on any atom is 0.415 e. The van der Waals surface area contributed by atoms with Crippen LogP contribution in [0.5, 0.6) is 0 Å². The van der Waals surface area contributed by atoms with Gasteiger partial charge in [0.2, 0.25) is 0 Å². The molecule has 4 bridgehead atoms. The van der Waals surface area contributed by atoms with Crippen molar-refractivity contribution in [1.29, 1.82) is 5.26 Å². The Kier molecular flexibility index (Phi) is 4.05. The second kappa shape index (κ2) is 5.60. The quantitative estimate of drug-likeness (QED) is 0.357. The number of hydrogen-bond acceptors (Lipinski definition) is 7. The lowest BCUT2D eigenvalue weighted by molar-refractivity contribution is -0.433. The minimum atomic E-state index is -3.97. The van der Waals surface area contributed by atoms with Crippen LogP contribution in [-0.4, -0.2) is 22.6 Å².